The minimum Gasteiger partial charge on any atom is -0.495 e. The van der Waals surface area contributed by atoms with Crippen LogP contribution in [0.15, 0.2) is 47.4 Å². The summed E-state index contributed by atoms with van der Waals surface area (Å²) >= 11 is 6.41. The number of nitrogens with one attached hydrogen (secondary N) is 1. The third-order valence-corrected chi connectivity index (χ3v) is 3.77. The van der Waals surface area contributed by atoms with Gasteiger partial charge in [-0.1, -0.05) is 23.4 Å². The van der Waals surface area contributed by atoms with Crippen LogP contribution >= 0.6 is 23.4 Å². The lowest BCUT2D eigenvalue weighted by atomic mass is 10.2. The van der Waals surface area contributed by atoms with Crippen molar-refractivity contribution in [1.82, 2.24) is 0 Å². The molecular weight excluding hydrogens is 332 g/mol. The van der Waals surface area contributed by atoms with E-state index in [0.717, 1.165) is 0 Å². The number of thioether (sulfide) groups is 1. The zero-order chi connectivity index (χ0) is 16.1. The fourth-order valence-corrected chi connectivity index (χ4v) is 2.49. The van der Waals surface area contributed by atoms with Crippen molar-refractivity contribution < 1.29 is 18.3 Å². The maximum absolute atomic E-state index is 12.2. The molecule has 116 valence electrons. The molecule has 3 nitrogen and oxygen atoms in total. The summed E-state index contributed by atoms with van der Waals surface area (Å²) in [6, 6.07) is 10.8. The molecule has 0 saturated heterocycles. The number of ether oxygens (including phenoxy) is 1. The first-order valence-electron chi connectivity index (χ1n) is 6.19. The number of carbonyl (C=O) groups excluding carboxylic acids is 1. The lowest BCUT2D eigenvalue weighted by Gasteiger charge is -2.08. The van der Waals surface area contributed by atoms with E-state index in [4.69, 9.17) is 16.3 Å². The van der Waals surface area contributed by atoms with Gasteiger partial charge in [0.2, 0.25) is 0 Å². The molecule has 0 atom stereocenters. The van der Waals surface area contributed by atoms with Gasteiger partial charge in [-0.3, -0.25) is 4.79 Å². The van der Waals surface area contributed by atoms with Gasteiger partial charge in [-0.05, 0) is 42.5 Å². The average molecular weight is 344 g/mol. The van der Waals surface area contributed by atoms with Gasteiger partial charge in [-0.2, -0.15) is 8.78 Å². The van der Waals surface area contributed by atoms with Gasteiger partial charge in [-0.25, -0.2) is 0 Å². The van der Waals surface area contributed by atoms with Gasteiger partial charge in [-0.15, -0.1) is 0 Å². The van der Waals surface area contributed by atoms with Crippen LogP contribution in [0, 0.1) is 0 Å². The fourth-order valence-electron chi connectivity index (χ4n) is 1.74. The van der Waals surface area contributed by atoms with Crippen LogP contribution < -0.4 is 10.1 Å². The first-order valence-corrected chi connectivity index (χ1v) is 7.45. The van der Waals surface area contributed by atoms with Crippen LogP contribution in [0.5, 0.6) is 5.75 Å². The Labute approximate surface area is 135 Å². The van der Waals surface area contributed by atoms with Crippen molar-refractivity contribution >= 4 is 35.0 Å². The van der Waals surface area contributed by atoms with E-state index in [1.54, 1.807) is 18.2 Å². The number of alkyl halides is 2. The van der Waals surface area contributed by atoms with E-state index in [1.807, 2.05) is 0 Å². The molecule has 2 rings (SSSR count). The number of benzene rings is 2. The zero-order valence-electron chi connectivity index (χ0n) is 11.5. The predicted octanol–water partition coefficient (Wildman–Crippen LogP) is 4.92. The molecule has 0 fully saturated rings. The molecule has 2 aromatic carbocycles. The predicted molar refractivity (Wildman–Crippen MR) is 84.3 cm³/mol. The Hall–Kier alpha value is -1.79. The van der Waals surface area contributed by atoms with E-state index >= 15 is 0 Å². The third-order valence-electron chi connectivity index (χ3n) is 2.75. The smallest absolute Gasteiger partial charge is 0.288 e. The number of anilines is 1. The Morgan fingerprint density at radius 3 is 2.45 bits per heavy atom. The SMILES string of the molecule is COc1ccc(NC(=O)c2ccc(SC(F)F)cc2)cc1Cl. The van der Waals surface area contributed by atoms with E-state index in [1.165, 1.54) is 31.4 Å². The summed E-state index contributed by atoms with van der Waals surface area (Å²) in [7, 11) is 1.50. The molecule has 0 spiro atoms. The van der Waals surface area contributed by atoms with E-state index in [2.05, 4.69) is 5.32 Å². The summed E-state index contributed by atoms with van der Waals surface area (Å²) in [5.74, 6) is -2.33. The molecule has 0 aliphatic rings. The highest BCUT2D eigenvalue weighted by Gasteiger charge is 2.10. The zero-order valence-corrected chi connectivity index (χ0v) is 13.0. The lowest BCUT2D eigenvalue weighted by Crippen LogP contribution is -2.11. The third kappa shape index (κ3) is 4.35. The van der Waals surface area contributed by atoms with Gasteiger partial charge >= 0.3 is 0 Å². The molecule has 1 N–H and O–H groups in total. The lowest BCUT2D eigenvalue weighted by molar-refractivity contribution is 0.102. The van der Waals surface area contributed by atoms with Gasteiger partial charge in [0.25, 0.3) is 11.7 Å². The number of hydrogen-bond acceptors (Lipinski definition) is 3. The van der Waals surface area contributed by atoms with E-state index in [-0.39, 0.29) is 5.91 Å². The maximum Gasteiger partial charge on any atom is 0.288 e. The summed E-state index contributed by atoms with van der Waals surface area (Å²) in [5.41, 5.74) is 0.882. The van der Waals surface area contributed by atoms with Crippen LogP contribution in [0.2, 0.25) is 5.02 Å². The molecule has 22 heavy (non-hydrogen) atoms. The van der Waals surface area contributed by atoms with Crippen LogP contribution in [0.1, 0.15) is 10.4 Å². The topological polar surface area (TPSA) is 38.3 Å². The van der Waals surface area contributed by atoms with Crippen molar-refractivity contribution in [3.63, 3.8) is 0 Å². The Morgan fingerprint density at radius 1 is 1.23 bits per heavy atom. The summed E-state index contributed by atoms with van der Waals surface area (Å²) in [6.07, 6.45) is 0. The second-order valence-corrected chi connectivity index (χ2v) is 5.68. The van der Waals surface area contributed by atoms with Crippen molar-refractivity contribution in [3.8, 4) is 5.75 Å². The molecule has 7 heteroatoms. The maximum atomic E-state index is 12.2. The van der Waals surface area contributed by atoms with Gasteiger partial charge in [0.1, 0.15) is 5.75 Å². The van der Waals surface area contributed by atoms with Crippen molar-refractivity contribution in [2.24, 2.45) is 0 Å². The van der Waals surface area contributed by atoms with Crippen LogP contribution in [0.3, 0.4) is 0 Å². The molecule has 0 bridgehead atoms. The monoisotopic (exact) mass is 343 g/mol. The quantitative estimate of drug-likeness (QED) is 0.783. The highest BCUT2D eigenvalue weighted by molar-refractivity contribution is 7.99. The molecule has 0 aliphatic heterocycles. The van der Waals surface area contributed by atoms with Crippen LogP contribution in [-0.2, 0) is 0 Å². The van der Waals surface area contributed by atoms with Gasteiger partial charge in [0.15, 0.2) is 0 Å². The van der Waals surface area contributed by atoms with Crippen molar-refractivity contribution in [2.45, 2.75) is 10.7 Å². The second-order valence-electron chi connectivity index (χ2n) is 4.21. The highest BCUT2D eigenvalue weighted by Crippen LogP contribution is 2.28. The summed E-state index contributed by atoms with van der Waals surface area (Å²) < 4.78 is 29.5. The van der Waals surface area contributed by atoms with Gasteiger partial charge in [0.05, 0.1) is 12.1 Å². The largest absolute Gasteiger partial charge is 0.495 e. The highest BCUT2D eigenvalue weighted by atomic mass is 35.5. The normalized spacial score (nSPS) is 10.6. The van der Waals surface area contributed by atoms with Crippen molar-refractivity contribution in [1.29, 1.82) is 0 Å². The standard InChI is InChI=1S/C15H12ClF2NO2S/c1-21-13-7-4-10(8-12(13)16)19-14(20)9-2-5-11(6-3-9)22-15(17)18/h2-8,15H,1H3,(H,19,20). The second kappa shape index (κ2) is 7.47. The number of amides is 1. The summed E-state index contributed by atoms with van der Waals surface area (Å²) in [5, 5.41) is 3.06. The summed E-state index contributed by atoms with van der Waals surface area (Å²) in [4.78, 5) is 12.5. The fraction of sp³-hybridized carbons (Fsp3) is 0.133. The first-order chi connectivity index (χ1) is 10.5. The minimum absolute atomic E-state index is 0.352. The van der Waals surface area contributed by atoms with Crippen LogP contribution in [0.25, 0.3) is 0 Å². The van der Waals surface area contributed by atoms with Crippen molar-refractivity contribution in [2.75, 3.05) is 12.4 Å². The molecule has 0 heterocycles. The molecule has 0 aliphatic carbocycles. The number of carbonyl (C=O) groups is 1. The molecule has 2 aromatic rings. The molecular formula is C15H12ClF2NO2S. The Morgan fingerprint density at radius 2 is 1.91 bits per heavy atom. The molecule has 0 radical (unpaired) electrons. The van der Waals surface area contributed by atoms with Gasteiger partial charge in [0, 0.05) is 16.1 Å². The van der Waals surface area contributed by atoms with Crippen molar-refractivity contribution in [3.05, 3.63) is 53.1 Å². The van der Waals surface area contributed by atoms with Gasteiger partial charge < -0.3 is 10.1 Å². The average Bonchev–Trinajstić information content (AvgIpc) is 2.47. The van der Waals surface area contributed by atoms with E-state index in [0.29, 0.717) is 38.7 Å². The molecule has 0 saturated carbocycles. The Bertz CT molecular complexity index is 665. The molecule has 0 unspecified atom stereocenters. The van der Waals surface area contributed by atoms with E-state index < -0.39 is 5.76 Å². The first kappa shape index (κ1) is 16.6. The molecule has 1 amide bonds. The van der Waals surface area contributed by atoms with Crippen LogP contribution in [0.4, 0.5) is 14.5 Å². The summed E-state index contributed by atoms with van der Waals surface area (Å²) in [6.45, 7) is 0. The van der Waals surface area contributed by atoms with Crippen LogP contribution in [-0.4, -0.2) is 18.8 Å². The Balaban J connectivity index is 2.07. The number of halogens is 3. The molecule has 0 aromatic heterocycles. The number of methoxy groups -OCH3 is 1. The van der Waals surface area contributed by atoms with E-state index in [9.17, 15) is 13.6 Å². The number of hydrogen-bond donors (Lipinski definition) is 1. The number of rotatable bonds is 5. The Kier molecular flexibility index (Phi) is 5.63. The minimum atomic E-state index is -2.49.